The van der Waals surface area contributed by atoms with Gasteiger partial charge in [0.05, 0.1) is 5.52 Å². The highest BCUT2D eigenvalue weighted by Crippen LogP contribution is 2.17. The zero-order valence-electron chi connectivity index (χ0n) is 11.3. The summed E-state index contributed by atoms with van der Waals surface area (Å²) in [7, 11) is 0. The molecule has 21 heavy (non-hydrogen) atoms. The molecule has 5 heteroatoms. The third-order valence-electron chi connectivity index (χ3n) is 3.28. The van der Waals surface area contributed by atoms with E-state index in [1.54, 1.807) is 24.4 Å². The molecule has 0 atom stereocenters. The second-order valence-electron chi connectivity index (χ2n) is 4.72. The van der Waals surface area contributed by atoms with Crippen molar-refractivity contribution in [1.82, 2.24) is 9.77 Å². The molecule has 1 aromatic carbocycles. The monoisotopic (exact) mass is 283 g/mol. The van der Waals surface area contributed by atoms with E-state index >= 15 is 0 Å². The lowest BCUT2D eigenvalue weighted by molar-refractivity contribution is 0.371. The first kappa shape index (κ1) is 13.3. The molecule has 0 spiro atoms. The van der Waals surface area contributed by atoms with Crippen LogP contribution in [0.25, 0.3) is 10.9 Å². The Hall–Kier alpha value is -2.69. The Labute approximate surface area is 120 Å². The fourth-order valence-corrected chi connectivity index (χ4v) is 2.19. The second-order valence-corrected chi connectivity index (χ2v) is 4.72. The van der Waals surface area contributed by atoms with Crippen molar-refractivity contribution in [1.29, 1.82) is 0 Å². The number of fused-ring (bicyclic) bond motifs is 1. The molecule has 106 valence electrons. The molecule has 2 aromatic heterocycles. The number of pyridine rings is 2. The molecule has 0 radical (unpaired) electrons. The first-order valence-electron chi connectivity index (χ1n) is 6.70. The maximum atomic E-state index is 13.7. The van der Waals surface area contributed by atoms with Gasteiger partial charge in [-0.25, -0.2) is 0 Å². The van der Waals surface area contributed by atoms with Gasteiger partial charge in [-0.3, -0.25) is 9.78 Å². The number of benzene rings is 1. The van der Waals surface area contributed by atoms with Crippen molar-refractivity contribution in [2.45, 2.75) is 6.42 Å². The van der Waals surface area contributed by atoms with Crippen molar-refractivity contribution in [2.24, 2.45) is 0 Å². The minimum Gasteiger partial charge on any atom is -0.385 e. The first-order valence-corrected chi connectivity index (χ1v) is 6.70. The summed E-state index contributed by atoms with van der Waals surface area (Å²) in [6.45, 7) is 0.686. The highest BCUT2D eigenvalue weighted by atomic mass is 19.2. The van der Waals surface area contributed by atoms with Crippen molar-refractivity contribution < 1.29 is 4.48 Å². The van der Waals surface area contributed by atoms with Gasteiger partial charge in [0.1, 0.15) is 0 Å². The van der Waals surface area contributed by atoms with Gasteiger partial charge in [0.2, 0.25) is 0 Å². The van der Waals surface area contributed by atoms with E-state index in [4.69, 9.17) is 0 Å². The Kier molecular flexibility index (Phi) is 3.64. The molecular formula is C16H14FN3O. The van der Waals surface area contributed by atoms with Gasteiger partial charge < -0.3 is 5.32 Å². The maximum Gasteiger partial charge on any atom is 0.279 e. The van der Waals surface area contributed by atoms with Gasteiger partial charge in [0, 0.05) is 42.0 Å². The summed E-state index contributed by atoms with van der Waals surface area (Å²) in [6, 6.07) is 13.9. The molecule has 2 heterocycles. The molecule has 0 aliphatic rings. The standard InChI is InChI=1S/C16H14FN3O/c17-20-15-11-14(6-4-12(15)5-7-16(20)21)19-10-8-13-3-1-2-9-18-13/h1-7,9,11,19H,8,10H2. The van der Waals surface area contributed by atoms with E-state index in [-0.39, 0.29) is 10.3 Å². The molecule has 4 nitrogen and oxygen atoms in total. The van der Waals surface area contributed by atoms with Gasteiger partial charge in [-0.2, -0.15) is 0 Å². The number of hydrogen-bond acceptors (Lipinski definition) is 3. The van der Waals surface area contributed by atoms with Gasteiger partial charge in [0.15, 0.2) is 0 Å². The largest absolute Gasteiger partial charge is 0.385 e. The number of rotatable bonds is 4. The van der Waals surface area contributed by atoms with E-state index in [0.717, 1.165) is 17.8 Å². The average molecular weight is 283 g/mol. The molecule has 1 N–H and O–H groups in total. The molecule has 0 saturated heterocycles. The number of anilines is 1. The topological polar surface area (TPSA) is 46.9 Å². The summed E-state index contributed by atoms with van der Waals surface area (Å²) < 4.78 is 13.7. The number of hydrogen-bond donors (Lipinski definition) is 1. The summed E-state index contributed by atoms with van der Waals surface area (Å²) in [5, 5.41) is 3.90. The maximum absolute atomic E-state index is 13.7. The fraction of sp³-hybridized carbons (Fsp3) is 0.125. The lowest BCUT2D eigenvalue weighted by Crippen LogP contribution is -2.12. The SMILES string of the molecule is O=c1ccc2ccc(NCCc3ccccn3)cc2n1F. The minimum absolute atomic E-state index is 0.166. The van der Waals surface area contributed by atoms with Crippen LogP contribution in [-0.2, 0) is 6.42 Å². The Morgan fingerprint density at radius 3 is 2.81 bits per heavy atom. The van der Waals surface area contributed by atoms with E-state index in [1.165, 1.54) is 6.07 Å². The predicted molar refractivity (Wildman–Crippen MR) is 81.1 cm³/mol. The van der Waals surface area contributed by atoms with Crippen LogP contribution in [0.1, 0.15) is 5.69 Å². The van der Waals surface area contributed by atoms with Crippen LogP contribution >= 0.6 is 0 Å². The molecule has 0 unspecified atom stereocenters. The number of nitrogens with zero attached hydrogens (tertiary/aromatic N) is 2. The van der Waals surface area contributed by atoms with E-state index in [9.17, 15) is 9.28 Å². The molecule has 0 aliphatic heterocycles. The van der Waals surface area contributed by atoms with E-state index in [2.05, 4.69) is 10.3 Å². The van der Waals surface area contributed by atoms with Crippen LogP contribution in [0.4, 0.5) is 10.2 Å². The normalized spacial score (nSPS) is 10.7. The minimum atomic E-state index is -0.659. The Morgan fingerprint density at radius 2 is 2.00 bits per heavy atom. The Morgan fingerprint density at radius 1 is 1.14 bits per heavy atom. The Balaban J connectivity index is 1.75. The van der Waals surface area contributed by atoms with Crippen LogP contribution in [0, 0.1) is 0 Å². The smallest absolute Gasteiger partial charge is 0.279 e. The van der Waals surface area contributed by atoms with E-state index < -0.39 is 5.56 Å². The van der Waals surface area contributed by atoms with Crippen molar-refractivity contribution in [2.75, 3.05) is 11.9 Å². The van der Waals surface area contributed by atoms with Crippen LogP contribution in [0.5, 0.6) is 0 Å². The molecule has 0 aliphatic carbocycles. The molecular weight excluding hydrogens is 269 g/mol. The number of aromatic nitrogens is 2. The van der Waals surface area contributed by atoms with Crippen molar-refractivity contribution in [3.63, 3.8) is 0 Å². The van der Waals surface area contributed by atoms with Gasteiger partial charge in [-0.05, 0) is 30.3 Å². The van der Waals surface area contributed by atoms with Crippen LogP contribution in [0.3, 0.4) is 0 Å². The van der Waals surface area contributed by atoms with Crippen LogP contribution in [-0.4, -0.2) is 16.3 Å². The predicted octanol–water partition coefficient (Wildman–Crippen LogP) is 2.78. The number of halogens is 1. The molecule has 0 fully saturated rings. The van der Waals surface area contributed by atoms with Crippen LogP contribution < -0.4 is 10.9 Å². The lowest BCUT2D eigenvalue weighted by Gasteiger charge is -2.08. The highest BCUT2D eigenvalue weighted by Gasteiger charge is 2.03. The highest BCUT2D eigenvalue weighted by molar-refractivity contribution is 5.82. The van der Waals surface area contributed by atoms with Crippen molar-refractivity contribution in [3.05, 3.63) is 70.8 Å². The van der Waals surface area contributed by atoms with E-state index in [0.29, 0.717) is 11.9 Å². The summed E-state index contributed by atoms with van der Waals surface area (Å²) >= 11 is 0. The molecule has 0 saturated carbocycles. The third-order valence-corrected chi connectivity index (χ3v) is 3.28. The fourth-order valence-electron chi connectivity index (χ4n) is 2.19. The molecule has 3 rings (SSSR count). The molecule has 0 amide bonds. The second kappa shape index (κ2) is 5.75. The summed E-state index contributed by atoms with van der Waals surface area (Å²) in [5.74, 6) is 0. The van der Waals surface area contributed by atoms with Gasteiger partial charge in [-0.1, -0.05) is 16.6 Å². The van der Waals surface area contributed by atoms with Crippen molar-refractivity contribution >= 4 is 16.6 Å². The van der Waals surface area contributed by atoms with E-state index in [1.807, 2.05) is 24.3 Å². The summed E-state index contributed by atoms with van der Waals surface area (Å²) in [6.07, 6.45) is 2.53. The van der Waals surface area contributed by atoms with Crippen LogP contribution in [0.2, 0.25) is 0 Å². The third kappa shape index (κ3) is 2.91. The average Bonchev–Trinajstić information content (AvgIpc) is 2.52. The van der Waals surface area contributed by atoms with Gasteiger partial charge in [-0.15, -0.1) is 4.79 Å². The summed E-state index contributed by atoms with van der Waals surface area (Å²) in [4.78, 5) is 15.7. The number of nitrogens with one attached hydrogen (secondary N) is 1. The lowest BCUT2D eigenvalue weighted by atomic mass is 10.2. The molecule has 3 aromatic rings. The zero-order valence-corrected chi connectivity index (χ0v) is 11.3. The van der Waals surface area contributed by atoms with Crippen LogP contribution in [0.15, 0.2) is 59.5 Å². The van der Waals surface area contributed by atoms with Crippen molar-refractivity contribution in [3.8, 4) is 0 Å². The Bertz CT molecular complexity index is 815. The summed E-state index contributed by atoms with van der Waals surface area (Å²) in [5.41, 5.74) is 1.38. The van der Waals surface area contributed by atoms with Gasteiger partial charge >= 0.3 is 0 Å². The zero-order chi connectivity index (χ0) is 14.7. The molecule has 0 bridgehead atoms. The van der Waals surface area contributed by atoms with Gasteiger partial charge in [0.25, 0.3) is 5.56 Å². The quantitative estimate of drug-likeness (QED) is 0.801. The first-order chi connectivity index (χ1) is 10.2.